The Balaban J connectivity index is 2.06. The smallest absolute Gasteiger partial charge is 0.224 e. The number of carbonyl (C=O) groups is 1. The molecule has 2 rings (SSSR count). The number of hydrogen-bond acceptors (Lipinski definition) is 4. The van der Waals surface area contributed by atoms with Crippen LogP contribution in [0.5, 0.6) is 17.2 Å². The maximum atomic E-state index is 13.6. The highest BCUT2D eigenvalue weighted by Crippen LogP contribution is 2.38. The van der Waals surface area contributed by atoms with Crippen LogP contribution >= 0.6 is 0 Å². The summed E-state index contributed by atoms with van der Waals surface area (Å²) in [6.07, 6.45) is -0.0168. The zero-order valence-corrected chi connectivity index (χ0v) is 13.9. The van der Waals surface area contributed by atoms with Gasteiger partial charge in [-0.25, -0.2) is 4.39 Å². The predicted molar refractivity (Wildman–Crippen MR) is 88.0 cm³/mol. The molecular weight excluding hydrogens is 313 g/mol. The summed E-state index contributed by atoms with van der Waals surface area (Å²) in [7, 11) is 4.58. The molecule has 0 unspecified atom stereocenters. The number of carbonyl (C=O) groups excluding carboxylic acids is 1. The van der Waals surface area contributed by atoms with Crippen molar-refractivity contribution in [2.45, 2.75) is 13.0 Å². The minimum absolute atomic E-state index is 0.0168. The van der Waals surface area contributed by atoms with Crippen LogP contribution in [0.15, 0.2) is 36.4 Å². The molecule has 0 atom stereocenters. The molecule has 0 radical (unpaired) electrons. The molecule has 0 heterocycles. The quantitative estimate of drug-likeness (QED) is 0.846. The lowest BCUT2D eigenvalue weighted by Crippen LogP contribution is -2.25. The Labute approximate surface area is 140 Å². The van der Waals surface area contributed by atoms with E-state index in [1.807, 2.05) is 0 Å². The third-order valence-corrected chi connectivity index (χ3v) is 3.52. The number of rotatable bonds is 7. The van der Waals surface area contributed by atoms with Crippen LogP contribution in [0.25, 0.3) is 0 Å². The lowest BCUT2D eigenvalue weighted by Gasteiger charge is -2.14. The average Bonchev–Trinajstić information content (AvgIpc) is 2.60. The largest absolute Gasteiger partial charge is 0.493 e. The Morgan fingerprint density at radius 2 is 1.67 bits per heavy atom. The van der Waals surface area contributed by atoms with Gasteiger partial charge in [0.25, 0.3) is 0 Å². The predicted octanol–water partition coefficient (Wildman–Crippen LogP) is 2.71. The highest BCUT2D eigenvalue weighted by atomic mass is 19.1. The van der Waals surface area contributed by atoms with Crippen molar-refractivity contribution in [3.63, 3.8) is 0 Å². The molecule has 0 spiro atoms. The van der Waals surface area contributed by atoms with E-state index in [-0.39, 0.29) is 24.7 Å². The van der Waals surface area contributed by atoms with Crippen molar-refractivity contribution >= 4 is 5.91 Å². The van der Waals surface area contributed by atoms with Gasteiger partial charge in [0, 0.05) is 6.54 Å². The Morgan fingerprint density at radius 1 is 1.04 bits per heavy atom. The molecule has 2 aromatic carbocycles. The number of hydrogen-bond donors (Lipinski definition) is 1. The molecule has 0 bridgehead atoms. The first-order chi connectivity index (χ1) is 11.6. The molecular formula is C18H20FNO4. The van der Waals surface area contributed by atoms with Gasteiger partial charge in [0.1, 0.15) is 5.82 Å². The van der Waals surface area contributed by atoms with E-state index in [0.717, 1.165) is 5.56 Å². The third-order valence-electron chi connectivity index (χ3n) is 3.52. The number of nitrogens with one attached hydrogen (secondary N) is 1. The fraction of sp³-hybridized carbons (Fsp3) is 0.278. The zero-order valence-electron chi connectivity index (χ0n) is 13.9. The molecule has 0 aromatic heterocycles. The molecule has 0 fully saturated rings. The van der Waals surface area contributed by atoms with Gasteiger partial charge >= 0.3 is 0 Å². The van der Waals surface area contributed by atoms with Gasteiger partial charge in [-0.1, -0.05) is 18.2 Å². The van der Waals surface area contributed by atoms with Crippen LogP contribution in [0.4, 0.5) is 4.39 Å². The minimum atomic E-state index is -0.388. The highest BCUT2D eigenvalue weighted by Gasteiger charge is 2.14. The maximum Gasteiger partial charge on any atom is 0.224 e. The van der Waals surface area contributed by atoms with Crippen molar-refractivity contribution in [1.29, 1.82) is 0 Å². The topological polar surface area (TPSA) is 56.8 Å². The van der Waals surface area contributed by atoms with Crippen molar-refractivity contribution in [3.05, 3.63) is 53.3 Å². The molecule has 0 saturated heterocycles. The molecule has 24 heavy (non-hydrogen) atoms. The normalized spacial score (nSPS) is 10.2. The second-order valence-corrected chi connectivity index (χ2v) is 5.08. The van der Waals surface area contributed by atoms with Crippen LogP contribution in [0, 0.1) is 5.82 Å². The Morgan fingerprint density at radius 3 is 2.21 bits per heavy atom. The molecule has 2 aromatic rings. The van der Waals surface area contributed by atoms with E-state index in [1.165, 1.54) is 27.4 Å². The van der Waals surface area contributed by atoms with Crippen molar-refractivity contribution < 1.29 is 23.4 Å². The van der Waals surface area contributed by atoms with Crippen LogP contribution in [0.3, 0.4) is 0 Å². The molecule has 1 N–H and O–H groups in total. The summed E-state index contributed by atoms with van der Waals surface area (Å²) < 4.78 is 29.4. The summed E-state index contributed by atoms with van der Waals surface area (Å²) in [5, 5.41) is 2.76. The van der Waals surface area contributed by atoms with Gasteiger partial charge in [0.05, 0.1) is 27.8 Å². The van der Waals surface area contributed by atoms with E-state index in [2.05, 4.69) is 5.32 Å². The molecule has 1 amide bonds. The van der Waals surface area contributed by atoms with Crippen LogP contribution in [0.2, 0.25) is 0 Å². The number of halogens is 1. The van der Waals surface area contributed by atoms with E-state index >= 15 is 0 Å². The second kappa shape index (κ2) is 8.19. The third kappa shape index (κ3) is 4.16. The highest BCUT2D eigenvalue weighted by molar-refractivity contribution is 5.78. The van der Waals surface area contributed by atoms with Crippen molar-refractivity contribution in [2.24, 2.45) is 0 Å². The van der Waals surface area contributed by atoms with Crippen molar-refractivity contribution in [1.82, 2.24) is 5.32 Å². The van der Waals surface area contributed by atoms with E-state index in [9.17, 15) is 9.18 Å². The first-order valence-electron chi connectivity index (χ1n) is 7.38. The number of ether oxygens (including phenoxy) is 3. The van der Waals surface area contributed by atoms with E-state index in [0.29, 0.717) is 22.8 Å². The summed E-state index contributed by atoms with van der Waals surface area (Å²) in [6.45, 7) is 0.268. The molecule has 6 heteroatoms. The summed E-state index contributed by atoms with van der Waals surface area (Å²) in [5.74, 6) is 0.848. The van der Waals surface area contributed by atoms with Crippen LogP contribution in [0.1, 0.15) is 11.1 Å². The fourth-order valence-corrected chi connectivity index (χ4v) is 2.32. The molecule has 128 valence electrons. The number of methoxy groups -OCH3 is 3. The molecule has 0 aliphatic heterocycles. The SMILES string of the molecule is COc1cc(CNC(=O)Cc2ccccc2F)cc(OC)c1OC. The second-order valence-electron chi connectivity index (χ2n) is 5.08. The summed E-state index contributed by atoms with van der Waals surface area (Å²) in [4.78, 5) is 12.0. The Bertz CT molecular complexity index is 693. The molecule has 0 aliphatic rings. The standard InChI is InChI=1S/C18H20FNO4/c1-22-15-8-12(9-16(23-2)18(15)24-3)11-20-17(21)10-13-6-4-5-7-14(13)19/h4-9H,10-11H2,1-3H3,(H,20,21). The van der Waals surface area contributed by atoms with E-state index in [4.69, 9.17) is 14.2 Å². The van der Waals surface area contributed by atoms with Gasteiger partial charge in [-0.05, 0) is 29.3 Å². The zero-order chi connectivity index (χ0) is 17.5. The summed E-state index contributed by atoms with van der Waals surface area (Å²) >= 11 is 0. The van der Waals surface area contributed by atoms with Gasteiger partial charge in [0.2, 0.25) is 11.7 Å². The average molecular weight is 333 g/mol. The minimum Gasteiger partial charge on any atom is -0.493 e. The maximum absolute atomic E-state index is 13.6. The first kappa shape index (κ1) is 17.6. The fourth-order valence-electron chi connectivity index (χ4n) is 2.32. The monoisotopic (exact) mass is 333 g/mol. The summed E-state index contributed by atoms with van der Waals surface area (Å²) in [6, 6.07) is 9.73. The number of benzene rings is 2. The van der Waals surface area contributed by atoms with E-state index in [1.54, 1.807) is 30.3 Å². The van der Waals surface area contributed by atoms with Gasteiger partial charge in [-0.15, -0.1) is 0 Å². The van der Waals surface area contributed by atoms with Crippen LogP contribution in [-0.2, 0) is 17.8 Å². The number of amides is 1. The molecule has 5 nitrogen and oxygen atoms in total. The Kier molecular flexibility index (Phi) is 6.01. The lowest BCUT2D eigenvalue weighted by molar-refractivity contribution is -0.120. The lowest BCUT2D eigenvalue weighted by atomic mass is 10.1. The van der Waals surface area contributed by atoms with Gasteiger partial charge in [0.15, 0.2) is 11.5 Å². The first-order valence-corrected chi connectivity index (χ1v) is 7.38. The van der Waals surface area contributed by atoms with Gasteiger partial charge < -0.3 is 19.5 Å². The van der Waals surface area contributed by atoms with Gasteiger partial charge in [-0.3, -0.25) is 4.79 Å². The Hall–Kier alpha value is -2.76. The van der Waals surface area contributed by atoms with E-state index < -0.39 is 0 Å². The molecule has 0 saturated carbocycles. The molecule has 0 aliphatic carbocycles. The van der Waals surface area contributed by atoms with Crippen molar-refractivity contribution in [3.8, 4) is 17.2 Å². The van der Waals surface area contributed by atoms with Crippen molar-refractivity contribution in [2.75, 3.05) is 21.3 Å². The van der Waals surface area contributed by atoms with Crippen LogP contribution in [-0.4, -0.2) is 27.2 Å². The van der Waals surface area contributed by atoms with Gasteiger partial charge in [-0.2, -0.15) is 0 Å². The van der Waals surface area contributed by atoms with Crippen LogP contribution < -0.4 is 19.5 Å². The summed E-state index contributed by atoms with van der Waals surface area (Å²) in [5.41, 5.74) is 1.14.